The molecule has 0 saturated carbocycles. The molecule has 0 radical (unpaired) electrons. The molecule has 1 aromatic carbocycles. The third kappa shape index (κ3) is 1.85. The lowest BCUT2D eigenvalue weighted by Crippen LogP contribution is -2.31. The van der Waals surface area contributed by atoms with Crippen molar-refractivity contribution >= 4 is 29.1 Å². The van der Waals surface area contributed by atoms with Gasteiger partial charge in [0.25, 0.3) is 11.7 Å². The summed E-state index contributed by atoms with van der Waals surface area (Å²) in [6, 6.07) is 7.18. The summed E-state index contributed by atoms with van der Waals surface area (Å²) >= 11 is 1.77. The molecule has 1 aliphatic heterocycles. The molecule has 0 aromatic heterocycles. The number of benzene rings is 1. The van der Waals surface area contributed by atoms with Crippen LogP contribution in [0.3, 0.4) is 0 Å². The Kier molecular flexibility index (Phi) is 3.29. The second-order valence-corrected chi connectivity index (χ2v) is 4.89. The smallest absolute Gasteiger partial charge is 0.299 e. The molecule has 2 rings (SSSR count). The average molecular weight is 235 g/mol. The Morgan fingerprint density at radius 2 is 2.00 bits per heavy atom. The van der Waals surface area contributed by atoms with Crippen LogP contribution in [0.25, 0.3) is 0 Å². The van der Waals surface area contributed by atoms with E-state index < -0.39 is 5.91 Å². The van der Waals surface area contributed by atoms with Crippen molar-refractivity contribution in [1.29, 1.82) is 0 Å². The van der Waals surface area contributed by atoms with Crippen LogP contribution < -0.4 is 4.90 Å². The van der Waals surface area contributed by atoms with Gasteiger partial charge in [-0.15, -0.1) is 0 Å². The van der Waals surface area contributed by atoms with Gasteiger partial charge in [0.2, 0.25) is 0 Å². The number of hydrogen-bond donors (Lipinski definition) is 0. The highest BCUT2D eigenvalue weighted by molar-refractivity contribution is 7.99. The van der Waals surface area contributed by atoms with Gasteiger partial charge in [0.15, 0.2) is 0 Å². The largest absolute Gasteiger partial charge is 0.304 e. The SMILES string of the molecule is CCSCCN1C(=O)C(=O)c2ccccc21. The number of amides is 1. The van der Waals surface area contributed by atoms with Gasteiger partial charge in [-0.2, -0.15) is 11.8 Å². The van der Waals surface area contributed by atoms with Crippen molar-refractivity contribution in [3.05, 3.63) is 29.8 Å². The molecule has 16 heavy (non-hydrogen) atoms. The number of carbonyl (C=O) groups excluding carboxylic acids is 2. The number of para-hydroxylation sites is 1. The van der Waals surface area contributed by atoms with E-state index in [1.54, 1.807) is 28.8 Å². The number of ketones is 1. The standard InChI is InChI=1S/C12H13NO2S/c1-2-16-8-7-13-10-6-4-3-5-9(10)11(14)12(13)15/h3-6H,2,7-8H2,1H3. The van der Waals surface area contributed by atoms with Crippen molar-refractivity contribution in [3.8, 4) is 0 Å². The van der Waals surface area contributed by atoms with Gasteiger partial charge in [0.1, 0.15) is 0 Å². The van der Waals surface area contributed by atoms with E-state index >= 15 is 0 Å². The fourth-order valence-corrected chi connectivity index (χ4v) is 2.37. The lowest BCUT2D eigenvalue weighted by atomic mass is 10.1. The summed E-state index contributed by atoms with van der Waals surface area (Å²) in [7, 11) is 0. The minimum absolute atomic E-state index is 0.378. The molecule has 1 heterocycles. The molecule has 0 aliphatic carbocycles. The Morgan fingerprint density at radius 3 is 2.75 bits per heavy atom. The second-order valence-electron chi connectivity index (χ2n) is 3.50. The Hall–Kier alpha value is -1.29. The van der Waals surface area contributed by atoms with Gasteiger partial charge in [-0.05, 0) is 17.9 Å². The lowest BCUT2D eigenvalue weighted by molar-refractivity contribution is -0.114. The number of thioether (sulfide) groups is 1. The minimum atomic E-state index is -0.391. The molecule has 1 aromatic rings. The number of nitrogens with zero attached hydrogens (tertiary/aromatic N) is 1. The highest BCUT2D eigenvalue weighted by Gasteiger charge is 2.34. The van der Waals surface area contributed by atoms with E-state index in [-0.39, 0.29) is 5.78 Å². The van der Waals surface area contributed by atoms with Crippen molar-refractivity contribution in [2.75, 3.05) is 23.0 Å². The predicted octanol–water partition coefficient (Wildman–Crippen LogP) is 1.97. The molecule has 0 saturated heterocycles. The van der Waals surface area contributed by atoms with E-state index in [9.17, 15) is 9.59 Å². The van der Waals surface area contributed by atoms with E-state index in [4.69, 9.17) is 0 Å². The van der Waals surface area contributed by atoms with Crippen LogP contribution in [0.15, 0.2) is 24.3 Å². The fourth-order valence-electron chi connectivity index (χ4n) is 1.77. The van der Waals surface area contributed by atoms with Crippen LogP contribution in [0.2, 0.25) is 0 Å². The van der Waals surface area contributed by atoms with Crippen molar-refractivity contribution in [2.45, 2.75) is 6.92 Å². The molecule has 1 aliphatic rings. The van der Waals surface area contributed by atoms with Crippen LogP contribution in [0, 0.1) is 0 Å². The van der Waals surface area contributed by atoms with Crippen LogP contribution in [0.4, 0.5) is 5.69 Å². The topological polar surface area (TPSA) is 37.4 Å². The van der Waals surface area contributed by atoms with Gasteiger partial charge < -0.3 is 4.90 Å². The van der Waals surface area contributed by atoms with Crippen molar-refractivity contribution in [1.82, 2.24) is 0 Å². The number of anilines is 1. The van der Waals surface area contributed by atoms with Crippen molar-refractivity contribution < 1.29 is 9.59 Å². The monoisotopic (exact) mass is 235 g/mol. The molecule has 84 valence electrons. The third-order valence-electron chi connectivity index (χ3n) is 2.54. The zero-order valence-electron chi connectivity index (χ0n) is 9.10. The van der Waals surface area contributed by atoms with Gasteiger partial charge in [0, 0.05) is 12.3 Å². The maximum absolute atomic E-state index is 11.7. The quantitative estimate of drug-likeness (QED) is 0.591. The molecule has 0 fully saturated rings. The Morgan fingerprint density at radius 1 is 1.25 bits per heavy atom. The lowest BCUT2D eigenvalue weighted by Gasteiger charge is -2.15. The van der Waals surface area contributed by atoms with E-state index in [0.717, 1.165) is 17.2 Å². The summed E-state index contributed by atoms with van der Waals surface area (Å²) in [5.41, 5.74) is 1.29. The van der Waals surface area contributed by atoms with E-state index in [1.165, 1.54) is 0 Å². The molecular weight excluding hydrogens is 222 g/mol. The number of fused-ring (bicyclic) bond motifs is 1. The van der Waals surface area contributed by atoms with Gasteiger partial charge in [0.05, 0.1) is 11.3 Å². The van der Waals surface area contributed by atoms with Crippen molar-refractivity contribution in [2.24, 2.45) is 0 Å². The zero-order valence-corrected chi connectivity index (χ0v) is 9.92. The highest BCUT2D eigenvalue weighted by Crippen LogP contribution is 2.28. The Labute approximate surface area is 98.8 Å². The number of Topliss-reactive ketones (excluding diaryl/α,β-unsaturated/α-hetero) is 1. The zero-order chi connectivity index (χ0) is 11.5. The molecule has 0 unspecified atom stereocenters. The summed E-state index contributed by atoms with van der Waals surface area (Å²) < 4.78 is 0. The summed E-state index contributed by atoms with van der Waals surface area (Å²) in [6.45, 7) is 2.69. The molecule has 0 bridgehead atoms. The summed E-state index contributed by atoms with van der Waals surface area (Å²) in [5, 5.41) is 0. The molecular formula is C12H13NO2S. The number of carbonyl (C=O) groups is 2. The van der Waals surface area contributed by atoms with Crippen LogP contribution in [-0.2, 0) is 4.79 Å². The average Bonchev–Trinajstić information content (AvgIpc) is 2.55. The first kappa shape index (κ1) is 11.2. The number of rotatable bonds is 4. The van der Waals surface area contributed by atoms with Crippen LogP contribution in [-0.4, -0.2) is 29.7 Å². The Bertz CT molecular complexity index is 431. The maximum Gasteiger partial charge on any atom is 0.299 e. The third-order valence-corrected chi connectivity index (χ3v) is 3.42. The van der Waals surface area contributed by atoms with Crippen LogP contribution >= 0.6 is 11.8 Å². The van der Waals surface area contributed by atoms with Gasteiger partial charge in [-0.3, -0.25) is 9.59 Å². The maximum atomic E-state index is 11.7. The first-order chi connectivity index (χ1) is 7.75. The second kappa shape index (κ2) is 4.70. The molecule has 0 atom stereocenters. The molecule has 0 N–H and O–H groups in total. The molecule has 0 spiro atoms. The summed E-state index contributed by atoms with van der Waals surface area (Å²) in [4.78, 5) is 24.9. The molecule has 3 nitrogen and oxygen atoms in total. The van der Waals surface area contributed by atoms with Crippen LogP contribution in [0.5, 0.6) is 0 Å². The van der Waals surface area contributed by atoms with Gasteiger partial charge in [-0.25, -0.2) is 0 Å². The van der Waals surface area contributed by atoms with E-state index in [2.05, 4.69) is 6.92 Å². The van der Waals surface area contributed by atoms with Gasteiger partial charge >= 0.3 is 0 Å². The minimum Gasteiger partial charge on any atom is -0.304 e. The normalized spacial score (nSPS) is 14.4. The first-order valence-electron chi connectivity index (χ1n) is 5.28. The van der Waals surface area contributed by atoms with Crippen molar-refractivity contribution in [3.63, 3.8) is 0 Å². The first-order valence-corrected chi connectivity index (χ1v) is 6.44. The van der Waals surface area contributed by atoms with Crippen LogP contribution in [0.1, 0.15) is 17.3 Å². The number of hydrogen-bond acceptors (Lipinski definition) is 3. The van der Waals surface area contributed by atoms with E-state index in [1.807, 2.05) is 12.1 Å². The highest BCUT2D eigenvalue weighted by atomic mass is 32.2. The predicted molar refractivity (Wildman–Crippen MR) is 66.1 cm³/mol. The fraction of sp³-hybridized carbons (Fsp3) is 0.333. The molecule has 4 heteroatoms. The van der Waals surface area contributed by atoms with Gasteiger partial charge in [-0.1, -0.05) is 19.1 Å². The molecule has 1 amide bonds. The Balaban J connectivity index is 2.20. The summed E-state index contributed by atoms with van der Waals surface area (Å²) in [5.74, 6) is 1.12. The van der Waals surface area contributed by atoms with E-state index in [0.29, 0.717) is 12.1 Å². The summed E-state index contributed by atoms with van der Waals surface area (Å²) in [6.07, 6.45) is 0.